The summed E-state index contributed by atoms with van der Waals surface area (Å²) in [5, 5.41) is 6.28. The molecule has 0 radical (unpaired) electrons. The van der Waals surface area contributed by atoms with Crippen molar-refractivity contribution in [2.45, 2.75) is 19.8 Å². The third-order valence-corrected chi connectivity index (χ3v) is 2.91. The van der Waals surface area contributed by atoms with Crippen LogP contribution in [0.3, 0.4) is 0 Å². The van der Waals surface area contributed by atoms with E-state index in [2.05, 4.69) is 27.5 Å². The minimum atomic E-state index is 0.666. The van der Waals surface area contributed by atoms with Crippen molar-refractivity contribution in [2.24, 2.45) is 11.8 Å². The van der Waals surface area contributed by atoms with Crippen molar-refractivity contribution in [3.8, 4) is 0 Å². The van der Waals surface area contributed by atoms with E-state index in [-0.39, 0.29) is 0 Å². The molecular formula is C11H18N4. The molecule has 4 nitrogen and oxygen atoms in total. The first-order valence-electron chi connectivity index (χ1n) is 5.54. The lowest BCUT2D eigenvalue weighted by Crippen LogP contribution is -2.14. The predicted octanol–water partition coefficient (Wildman–Crippen LogP) is 1.98. The molecule has 4 heteroatoms. The van der Waals surface area contributed by atoms with E-state index in [1.807, 2.05) is 13.1 Å². The quantitative estimate of drug-likeness (QED) is 0.773. The van der Waals surface area contributed by atoms with Crippen molar-refractivity contribution in [1.82, 2.24) is 9.97 Å². The van der Waals surface area contributed by atoms with Crippen molar-refractivity contribution >= 4 is 11.8 Å². The van der Waals surface area contributed by atoms with Gasteiger partial charge in [-0.1, -0.05) is 6.92 Å². The predicted molar refractivity (Wildman–Crippen MR) is 62.0 cm³/mol. The Bertz CT molecular complexity index is 322. The average Bonchev–Trinajstić information content (AvgIpc) is 3.10. The molecule has 1 heterocycles. The maximum Gasteiger partial charge on any atom is 0.224 e. The van der Waals surface area contributed by atoms with Gasteiger partial charge in [0.15, 0.2) is 0 Å². The number of rotatable bonds is 5. The van der Waals surface area contributed by atoms with Gasteiger partial charge in [0.05, 0.1) is 0 Å². The lowest BCUT2D eigenvalue weighted by molar-refractivity contribution is 0.536. The molecular weight excluding hydrogens is 188 g/mol. The van der Waals surface area contributed by atoms with Gasteiger partial charge in [-0.05, 0) is 30.7 Å². The number of anilines is 2. The van der Waals surface area contributed by atoms with Gasteiger partial charge in [-0.15, -0.1) is 0 Å². The van der Waals surface area contributed by atoms with Crippen LogP contribution in [0.5, 0.6) is 0 Å². The van der Waals surface area contributed by atoms with E-state index in [9.17, 15) is 0 Å². The summed E-state index contributed by atoms with van der Waals surface area (Å²) in [5.41, 5.74) is 0. The van der Waals surface area contributed by atoms with Crippen LogP contribution in [0.25, 0.3) is 0 Å². The van der Waals surface area contributed by atoms with E-state index in [0.717, 1.165) is 24.2 Å². The van der Waals surface area contributed by atoms with Crippen molar-refractivity contribution < 1.29 is 0 Å². The summed E-state index contributed by atoms with van der Waals surface area (Å²) in [7, 11) is 1.83. The number of nitrogens with one attached hydrogen (secondary N) is 2. The van der Waals surface area contributed by atoms with Crippen LogP contribution < -0.4 is 10.6 Å². The molecule has 0 aliphatic heterocycles. The Morgan fingerprint density at radius 2 is 2.33 bits per heavy atom. The molecule has 0 bridgehead atoms. The smallest absolute Gasteiger partial charge is 0.224 e. The number of aromatic nitrogens is 2. The first kappa shape index (κ1) is 10.2. The largest absolute Gasteiger partial charge is 0.370 e. The molecule has 1 aromatic heterocycles. The second-order valence-electron chi connectivity index (χ2n) is 4.21. The van der Waals surface area contributed by atoms with E-state index in [1.54, 1.807) is 6.20 Å². The molecule has 1 atom stereocenters. The zero-order valence-electron chi connectivity index (χ0n) is 9.33. The second-order valence-corrected chi connectivity index (χ2v) is 4.21. The zero-order chi connectivity index (χ0) is 10.7. The van der Waals surface area contributed by atoms with Crippen molar-refractivity contribution in [1.29, 1.82) is 0 Å². The van der Waals surface area contributed by atoms with E-state index < -0.39 is 0 Å². The van der Waals surface area contributed by atoms with Gasteiger partial charge < -0.3 is 10.6 Å². The van der Waals surface area contributed by atoms with Gasteiger partial charge in [-0.3, -0.25) is 0 Å². The normalized spacial score (nSPS) is 17.2. The van der Waals surface area contributed by atoms with Gasteiger partial charge in [-0.25, -0.2) is 4.98 Å². The fraction of sp³-hybridized carbons (Fsp3) is 0.636. The Hall–Kier alpha value is -1.32. The minimum absolute atomic E-state index is 0.666. The van der Waals surface area contributed by atoms with Gasteiger partial charge >= 0.3 is 0 Å². The Morgan fingerprint density at radius 3 is 3.00 bits per heavy atom. The SMILES string of the molecule is CNc1nccc(NCC(C)C2CC2)n1. The van der Waals surface area contributed by atoms with Crippen LogP contribution in [0, 0.1) is 11.8 Å². The van der Waals surface area contributed by atoms with Gasteiger partial charge in [0.1, 0.15) is 5.82 Å². The molecule has 1 aromatic rings. The molecule has 15 heavy (non-hydrogen) atoms. The molecule has 1 fully saturated rings. The molecule has 0 aromatic carbocycles. The van der Waals surface area contributed by atoms with Crippen molar-refractivity contribution in [3.05, 3.63) is 12.3 Å². The highest BCUT2D eigenvalue weighted by Crippen LogP contribution is 2.36. The standard InChI is InChI=1S/C11H18N4/c1-8(9-3-4-9)7-14-10-5-6-13-11(12-2)15-10/h5-6,8-9H,3-4,7H2,1-2H3,(H2,12,13,14,15). The van der Waals surface area contributed by atoms with Crippen LogP contribution in [0.2, 0.25) is 0 Å². The lowest BCUT2D eigenvalue weighted by atomic mass is 10.1. The summed E-state index contributed by atoms with van der Waals surface area (Å²) >= 11 is 0. The monoisotopic (exact) mass is 206 g/mol. The highest BCUT2D eigenvalue weighted by atomic mass is 15.1. The van der Waals surface area contributed by atoms with Crippen molar-refractivity contribution in [3.63, 3.8) is 0 Å². The van der Waals surface area contributed by atoms with Crippen LogP contribution in [-0.4, -0.2) is 23.6 Å². The molecule has 1 aliphatic rings. The maximum atomic E-state index is 4.31. The van der Waals surface area contributed by atoms with E-state index >= 15 is 0 Å². The molecule has 0 spiro atoms. The van der Waals surface area contributed by atoms with Gasteiger partial charge in [-0.2, -0.15) is 4.98 Å². The molecule has 2 rings (SSSR count). The zero-order valence-corrected chi connectivity index (χ0v) is 9.33. The molecule has 0 amide bonds. The topological polar surface area (TPSA) is 49.8 Å². The van der Waals surface area contributed by atoms with E-state index in [0.29, 0.717) is 5.95 Å². The number of hydrogen-bond acceptors (Lipinski definition) is 4. The Labute approximate surface area is 90.5 Å². The lowest BCUT2D eigenvalue weighted by Gasteiger charge is -2.11. The Balaban J connectivity index is 1.86. The van der Waals surface area contributed by atoms with Gasteiger partial charge in [0, 0.05) is 19.8 Å². The van der Waals surface area contributed by atoms with E-state index in [4.69, 9.17) is 0 Å². The molecule has 0 saturated heterocycles. The number of nitrogens with zero attached hydrogens (tertiary/aromatic N) is 2. The second kappa shape index (κ2) is 4.47. The average molecular weight is 206 g/mol. The van der Waals surface area contributed by atoms with E-state index in [1.165, 1.54) is 12.8 Å². The highest BCUT2D eigenvalue weighted by Gasteiger charge is 2.27. The van der Waals surface area contributed by atoms with Gasteiger partial charge in [0.25, 0.3) is 0 Å². The van der Waals surface area contributed by atoms with Gasteiger partial charge in [0.2, 0.25) is 5.95 Å². The van der Waals surface area contributed by atoms with Crippen LogP contribution >= 0.6 is 0 Å². The fourth-order valence-electron chi connectivity index (χ4n) is 1.68. The molecule has 82 valence electrons. The third-order valence-electron chi connectivity index (χ3n) is 2.91. The highest BCUT2D eigenvalue weighted by molar-refractivity contribution is 5.39. The molecule has 2 N–H and O–H groups in total. The van der Waals surface area contributed by atoms with Crippen LogP contribution in [-0.2, 0) is 0 Å². The van der Waals surface area contributed by atoms with Crippen molar-refractivity contribution in [2.75, 3.05) is 24.2 Å². The number of hydrogen-bond donors (Lipinski definition) is 2. The summed E-state index contributed by atoms with van der Waals surface area (Å²) in [4.78, 5) is 8.38. The third kappa shape index (κ3) is 2.81. The summed E-state index contributed by atoms with van der Waals surface area (Å²) in [6, 6.07) is 1.90. The Kier molecular flexibility index (Phi) is 3.04. The molecule has 1 saturated carbocycles. The first-order chi connectivity index (χ1) is 7.29. The fourth-order valence-corrected chi connectivity index (χ4v) is 1.68. The summed E-state index contributed by atoms with van der Waals surface area (Å²) < 4.78 is 0. The van der Waals surface area contributed by atoms with Crippen LogP contribution in [0.4, 0.5) is 11.8 Å². The molecule has 1 aliphatic carbocycles. The van der Waals surface area contributed by atoms with Crippen LogP contribution in [0.15, 0.2) is 12.3 Å². The Morgan fingerprint density at radius 1 is 1.53 bits per heavy atom. The summed E-state index contributed by atoms with van der Waals surface area (Å²) in [5.74, 6) is 3.25. The summed E-state index contributed by atoms with van der Waals surface area (Å²) in [6.45, 7) is 3.30. The first-order valence-corrected chi connectivity index (χ1v) is 5.54. The minimum Gasteiger partial charge on any atom is -0.370 e. The van der Waals surface area contributed by atoms with Crippen LogP contribution in [0.1, 0.15) is 19.8 Å². The maximum absolute atomic E-state index is 4.31. The summed E-state index contributed by atoms with van der Waals surface area (Å²) in [6.07, 6.45) is 4.56. The molecule has 1 unspecified atom stereocenters.